The van der Waals surface area contributed by atoms with Crippen LogP contribution in [0.5, 0.6) is 0 Å². The molecule has 0 fully saturated rings. The van der Waals surface area contributed by atoms with Crippen molar-refractivity contribution in [3.63, 3.8) is 0 Å². The third kappa shape index (κ3) is 3.27. The fraction of sp³-hybridized carbons (Fsp3) is 0.286. The molecule has 1 heterocycles. The van der Waals surface area contributed by atoms with Gasteiger partial charge in [-0.1, -0.05) is 6.92 Å². The predicted molar refractivity (Wildman–Crippen MR) is 82.6 cm³/mol. The summed E-state index contributed by atoms with van der Waals surface area (Å²) in [6, 6.07) is 4.69. The van der Waals surface area contributed by atoms with Crippen molar-refractivity contribution in [2.75, 3.05) is 11.5 Å². The molecule has 1 aromatic heterocycles. The Labute approximate surface area is 122 Å². The van der Waals surface area contributed by atoms with E-state index in [1.54, 1.807) is 29.5 Å². The lowest BCUT2D eigenvalue weighted by molar-refractivity contribution is 0.0940. The van der Waals surface area contributed by atoms with Gasteiger partial charge in [0.15, 0.2) is 0 Å². The maximum atomic E-state index is 12.2. The van der Waals surface area contributed by atoms with Crippen LogP contribution < -0.4 is 16.8 Å². The van der Waals surface area contributed by atoms with Crippen LogP contribution in [0.15, 0.2) is 24.4 Å². The van der Waals surface area contributed by atoms with Gasteiger partial charge in [0.05, 0.1) is 6.04 Å². The molecular weight excluding hydrogens is 272 g/mol. The number of hydrogen-bond donors (Lipinski definition) is 3. The van der Waals surface area contributed by atoms with E-state index in [9.17, 15) is 4.79 Å². The minimum atomic E-state index is -0.204. The zero-order valence-corrected chi connectivity index (χ0v) is 12.3. The molecule has 0 saturated carbocycles. The highest BCUT2D eigenvalue weighted by atomic mass is 32.1. The first kappa shape index (κ1) is 14.3. The number of nitrogens with one attached hydrogen (secondary N) is 1. The molecule has 0 bridgehead atoms. The minimum absolute atomic E-state index is 0.143. The van der Waals surface area contributed by atoms with Crippen LogP contribution in [0.3, 0.4) is 0 Å². The number of benzene rings is 1. The van der Waals surface area contributed by atoms with E-state index in [-0.39, 0.29) is 11.9 Å². The highest BCUT2D eigenvalue weighted by Crippen LogP contribution is 2.21. The molecular formula is C14H18N4OS. The zero-order chi connectivity index (χ0) is 14.7. The number of rotatable bonds is 4. The number of amides is 1. The summed E-state index contributed by atoms with van der Waals surface area (Å²) < 4.78 is 0. The van der Waals surface area contributed by atoms with E-state index < -0.39 is 0 Å². The molecule has 106 valence electrons. The molecule has 20 heavy (non-hydrogen) atoms. The fourth-order valence-corrected chi connectivity index (χ4v) is 2.70. The molecule has 1 aromatic carbocycles. The Hall–Kier alpha value is -2.08. The molecule has 1 unspecified atom stereocenters. The Bertz CT molecular complexity index is 603. The first-order chi connectivity index (χ1) is 9.49. The molecule has 6 heteroatoms. The molecule has 2 rings (SSSR count). The number of nitrogens with zero attached hydrogens (tertiary/aromatic N) is 1. The lowest BCUT2D eigenvalue weighted by Gasteiger charge is -2.12. The SMILES string of the molecule is CCc1cnc(C(C)NC(=O)c2cc(N)cc(N)c2)s1. The van der Waals surface area contributed by atoms with Crippen LogP contribution in [0, 0.1) is 0 Å². The Kier molecular flexibility index (Phi) is 4.24. The molecule has 1 atom stereocenters. The monoisotopic (exact) mass is 290 g/mol. The van der Waals surface area contributed by atoms with Gasteiger partial charge in [-0.2, -0.15) is 0 Å². The average Bonchev–Trinajstić information content (AvgIpc) is 2.86. The van der Waals surface area contributed by atoms with Crippen molar-refractivity contribution in [3.05, 3.63) is 39.8 Å². The zero-order valence-electron chi connectivity index (χ0n) is 11.5. The number of thiazole rings is 1. The lowest BCUT2D eigenvalue weighted by Crippen LogP contribution is -2.26. The summed E-state index contributed by atoms with van der Waals surface area (Å²) in [4.78, 5) is 17.7. The first-order valence-corrected chi connectivity index (χ1v) is 7.22. The fourth-order valence-electron chi connectivity index (χ4n) is 1.84. The summed E-state index contributed by atoms with van der Waals surface area (Å²) in [7, 11) is 0. The molecule has 2 aromatic rings. The van der Waals surface area contributed by atoms with Crippen LogP contribution in [-0.2, 0) is 6.42 Å². The van der Waals surface area contributed by atoms with Crippen molar-refractivity contribution in [3.8, 4) is 0 Å². The minimum Gasteiger partial charge on any atom is -0.399 e. The number of nitrogen functional groups attached to an aromatic ring is 2. The van der Waals surface area contributed by atoms with Gasteiger partial charge < -0.3 is 16.8 Å². The number of carbonyl (C=O) groups is 1. The largest absolute Gasteiger partial charge is 0.399 e. The van der Waals surface area contributed by atoms with Gasteiger partial charge in [-0.05, 0) is 31.5 Å². The van der Waals surface area contributed by atoms with Gasteiger partial charge in [0.25, 0.3) is 5.91 Å². The summed E-state index contributed by atoms with van der Waals surface area (Å²) in [5.41, 5.74) is 12.8. The molecule has 0 aliphatic carbocycles. The molecule has 0 aliphatic heterocycles. The van der Waals surface area contributed by atoms with E-state index >= 15 is 0 Å². The second kappa shape index (κ2) is 5.92. The summed E-state index contributed by atoms with van der Waals surface area (Å²) >= 11 is 1.61. The quantitative estimate of drug-likeness (QED) is 0.753. The lowest BCUT2D eigenvalue weighted by atomic mass is 10.1. The Balaban J connectivity index is 2.10. The highest BCUT2D eigenvalue weighted by molar-refractivity contribution is 7.11. The van der Waals surface area contributed by atoms with Crippen LogP contribution in [0.2, 0.25) is 0 Å². The van der Waals surface area contributed by atoms with Crippen molar-refractivity contribution in [1.82, 2.24) is 10.3 Å². The van der Waals surface area contributed by atoms with E-state index in [0.717, 1.165) is 11.4 Å². The highest BCUT2D eigenvalue weighted by Gasteiger charge is 2.15. The third-order valence-corrected chi connectivity index (χ3v) is 4.20. The Morgan fingerprint density at radius 2 is 2.00 bits per heavy atom. The van der Waals surface area contributed by atoms with E-state index in [1.165, 1.54) is 4.88 Å². The van der Waals surface area contributed by atoms with Crippen molar-refractivity contribution < 1.29 is 4.79 Å². The van der Waals surface area contributed by atoms with Crippen molar-refractivity contribution in [2.45, 2.75) is 26.3 Å². The molecule has 0 spiro atoms. The van der Waals surface area contributed by atoms with Gasteiger partial charge in [0.2, 0.25) is 0 Å². The first-order valence-electron chi connectivity index (χ1n) is 6.41. The number of aryl methyl sites for hydroxylation is 1. The standard InChI is InChI=1S/C14H18N4OS/c1-3-12-7-17-14(20-12)8(2)18-13(19)9-4-10(15)6-11(16)5-9/h4-8H,3,15-16H2,1-2H3,(H,18,19). The van der Waals surface area contributed by atoms with Crippen molar-refractivity contribution in [2.24, 2.45) is 0 Å². The molecule has 0 aliphatic rings. The molecule has 1 amide bonds. The van der Waals surface area contributed by atoms with Crippen LogP contribution in [0.25, 0.3) is 0 Å². The number of carbonyl (C=O) groups excluding carboxylic acids is 1. The summed E-state index contributed by atoms with van der Waals surface area (Å²) in [5.74, 6) is -0.204. The maximum Gasteiger partial charge on any atom is 0.251 e. The van der Waals surface area contributed by atoms with Gasteiger partial charge in [0, 0.05) is 28.0 Å². The van der Waals surface area contributed by atoms with E-state index in [4.69, 9.17) is 11.5 Å². The van der Waals surface area contributed by atoms with E-state index in [1.807, 2.05) is 13.1 Å². The van der Waals surface area contributed by atoms with Crippen molar-refractivity contribution >= 4 is 28.6 Å². The van der Waals surface area contributed by atoms with Gasteiger partial charge >= 0.3 is 0 Å². The van der Waals surface area contributed by atoms with E-state index in [0.29, 0.717) is 16.9 Å². The van der Waals surface area contributed by atoms with E-state index in [2.05, 4.69) is 17.2 Å². The molecule has 0 saturated heterocycles. The van der Waals surface area contributed by atoms with Crippen LogP contribution in [0.4, 0.5) is 11.4 Å². The number of anilines is 2. The number of nitrogens with two attached hydrogens (primary N) is 2. The molecule has 5 N–H and O–H groups in total. The van der Waals surface area contributed by atoms with Gasteiger partial charge in [-0.25, -0.2) is 4.98 Å². The number of aromatic nitrogens is 1. The van der Waals surface area contributed by atoms with Gasteiger partial charge in [-0.3, -0.25) is 4.79 Å². The smallest absolute Gasteiger partial charge is 0.251 e. The van der Waals surface area contributed by atoms with Crippen molar-refractivity contribution in [1.29, 1.82) is 0 Å². The van der Waals surface area contributed by atoms with Crippen LogP contribution in [-0.4, -0.2) is 10.9 Å². The third-order valence-electron chi connectivity index (χ3n) is 2.88. The second-order valence-electron chi connectivity index (χ2n) is 4.60. The van der Waals surface area contributed by atoms with Crippen LogP contribution in [0.1, 0.15) is 40.1 Å². The number of hydrogen-bond acceptors (Lipinski definition) is 5. The summed E-state index contributed by atoms with van der Waals surface area (Å²) in [6.07, 6.45) is 2.80. The van der Waals surface area contributed by atoms with Gasteiger partial charge in [0.1, 0.15) is 5.01 Å². The molecule has 0 radical (unpaired) electrons. The Morgan fingerprint density at radius 3 is 2.55 bits per heavy atom. The Morgan fingerprint density at radius 1 is 1.35 bits per heavy atom. The second-order valence-corrected chi connectivity index (χ2v) is 5.75. The topological polar surface area (TPSA) is 94.0 Å². The average molecular weight is 290 g/mol. The predicted octanol–water partition coefficient (Wildman–Crippen LogP) is 2.36. The van der Waals surface area contributed by atoms with Crippen LogP contribution >= 0.6 is 11.3 Å². The normalized spacial score (nSPS) is 12.1. The summed E-state index contributed by atoms with van der Waals surface area (Å²) in [5, 5.41) is 3.80. The molecule has 5 nitrogen and oxygen atoms in total. The summed E-state index contributed by atoms with van der Waals surface area (Å²) in [6.45, 7) is 3.99. The van der Waals surface area contributed by atoms with Gasteiger partial charge in [-0.15, -0.1) is 11.3 Å². The maximum absolute atomic E-state index is 12.2.